The van der Waals surface area contributed by atoms with Crippen molar-refractivity contribution in [3.8, 4) is 22.8 Å². The van der Waals surface area contributed by atoms with Crippen molar-refractivity contribution in [2.24, 2.45) is 0 Å². The standard InChI is InChI=1S/C29H23O3.ClH/c1-4-12-22(13-5-1)20-30-28-25-18-10-11-19-26(25)32-27(24-16-8-3-9-17-24)29(28)31-21-23-14-6-2-7-15-23;/h1-19H,20-21H2;1H/q+1;/p-1. The highest BCUT2D eigenvalue weighted by Crippen LogP contribution is 2.44. The van der Waals surface area contributed by atoms with E-state index in [9.17, 15) is 0 Å². The first kappa shape index (κ1) is 22.4. The highest BCUT2D eigenvalue weighted by atomic mass is 35.5. The lowest BCUT2D eigenvalue weighted by atomic mass is 10.1. The largest absolute Gasteiger partial charge is 1.00 e. The number of rotatable bonds is 7. The summed E-state index contributed by atoms with van der Waals surface area (Å²) in [4.78, 5) is 0. The van der Waals surface area contributed by atoms with Gasteiger partial charge in [0.1, 0.15) is 18.6 Å². The summed E-state index contributed by atoms with van der Waals surface area (Å²) in [5.41, 5.74) is 3.86. The highest BCUT2D eigenvalue weighted by Gasteiger charge is 2.30. The molecule has 0 saturated carbocycles. The number of hydrogen-bond acceptors (Lipinski definition) is 2. The summed E-state index contributed by atoms with van der Waals surface area (Å²) in [6.07, 6.45) is 0. The lowest BCUT2D eigenvalue weighted by Crippen LogP contribution is -3.00. The molecule has 0 radical (unpaired) electrons. The molecule has 3 nitrogen and oxygen atoms in total. The van der Waals surface area contributed by atoms with Crippen LogP contribution in [0.3, 0.4) is 0 Å². The monoisotopic (exact) mass is 454 g/mol. The quantitative estimate of drug-likeness (QED) is 0.338. The van der Waals surface area contributed by atoms with Crippen LogP contribution in [0.25, 0.3) is 22.3 Å². The average Bonchev–Trinajstić information content (AvgIpc) is 2.87. The SMILES string of the molecule is [Cl-].c1ccc(COc2c(-c3ccccc3)[o+]c3ccccc3c2OCc2ccccc2)cc1. The molecule has 0 aliphatic rings. The molecule has 0 N–H and O–H groups in total. The summed E-state index contributed by atoms with van der Waals surface area (Å²) in [6.45, 7) is 0.848. The Kier molecular flexibility index (Phi) is 7.23. The molecule has 0 fully saturated rings. The first-order chi connectivity index (χ1) is 15.9. The van der Waals surface area contributed by atoms with E-state index in [1.54, 1.807) is 0 Å². The van der Waals surface area contributed by atoms with Gasteiger partial charge in [-0.2, -0.15) is 0 Å². The molecule has 5 aromatic rings. The van der Waals surface area contributed by atoms with Crippen LogP contribution in [0.4, 0.5) is 0 Å². The minimum absolute atomic E-state index is 0. The number of ether oxygens (including phenoxy) is 2. The van der Waals surface area contributed by atoms with E-state index in [0.717, 1.165) is 27.7 Å². The third-order valence-electron chi connectivity index (χ3n) is 5.24. The van der Waals surface area contributed by atoms with Gasteiger partial charge in [0.25, 0.3) is 5.75 Å². The predicted octanol–water partition coefficient (Wildman–Crippen LogP) is 4.54. The number of halogens is 1. The molecule has 0 bridgehead atoms. The topological polar surface area (TPSA) is 29.8 Å². The van der Waals surface area contributed by atoms with Gasteiger partial charge in [-0.3, -0.25) is 0 Å². The Balaban J connectivity index is 0.00000259. The van der Waals surface area contributed by atoms with Crippen molar-refractivity contribution in [1.82, 2.24) is 0 Å². The zero-order chi connectivity index (χ0) is 21.6. The Morgan fingerprint density at radius 1 is 0.515 bits per heavy atom. The van der Waals surface area contributed by atoms with Crippen LogP contribution >= 0.6 is 0 Å². The summed E-state index contributed by atoms with van der Waals surface area (Å²) >= 11 is 0. The molecule has 33 heavy (non-hydrogen) atoms. The Labute approximate surface area is 199 Å². The zero-order valence-corrected chi connectivity index (χ0v) is 18.7. The van der Waals surface area contributed by atoms with Gasteiger partial charge in [0, 0.05) is 6.07 Å². The Hall–Kier alpha value is -3.82. The fourth-order valence-electron chi connectivity index (χ4n) is 3.64. The maximum Gasteiger partial charge on any atom is 0.406 e. The maximum absolute atomic E-state index is 6.40. The molecule has 0 unspecified atom stereocenters. The summed E-state index contributed by atoms with van der Waals surface area (Å²) in [7, 11) is 0. The molecular formula is C29H23ClO3. The molecule has 0 amide bonds. The van der Waals surface area contributed by atoms with E-state index in [-0.39, 0.29) is 12.4 Å². The van der Waals surface area contributed by atoms with Crippen molar-refractivity contribution in [3.05, 3.63) is 126 Å². The van der Waals surface area contributed by atoms with Gasteiger partial charge in [0.15, 0.2) is 5.75 Å². The first-order valence-electron chi connectivity index (χ1n) is 10.7. The summed E-state index contributed by atoms with van der Waals surface area (Å²) in [5, 5.41) is 0.881. The van der Waals surface area contributed by atoms with E-state index in [1.807, 2.05) is 103 Å². The van der Waals surface area contributed by atoms with E-state index < -0.39 is 0 Å². The smallest absolute Gasteiger partial charge is 0.406 e. The molecule has 164 valence electrons. The second-order valence-corrected chi connectivity index (χ2v) is 7.50. The lowest BCUT2D eigenvalue weighted by Gasteiger charge is -2.13. The van der Waals surface area contributed by atoms with Crippen LogP contribution in [0.1, 0.15) is 11.1 Å². The first-order valence-corrected chi connectivity index (χ1v) is 10.7. The number of hydrogen-bond donors (Lipinski definition) is 0. The van der Waals surface area contributed by atoms with Crippen LogP contribution in [0.15, 0.2) is 120 Å². The van der Waals surface area contributed by atoms with Crippen molar-refractivity contribution in [2.45, 2.75) is 13.2 Å². The van der Waals surface area contributed by atoms with Crippen molar-refractivity contribution in [2.75, 3.05) is 0 Å². The molecule has 0 atom stereocenters. The normalized spacial score (nSPS) is 10.4. The summed E-state index contributed by atoms with van der Waals surface area (Å²) < 4.78 is 19.1. The van der Waals surface area contributed by atoms with Gasteiger partial charge in [-0.1, -0.05) is 91.0 Å². The van der Waals surface area contributed by atoms with Crippen LogP contribution in [-0.4, -0.2) is 0 Å². The molecule has 0 saturated heterocycles. The number of benzene rings is 4. The number of fused-ring (bicyclic) bond motifs is 1. The fourth-order valence-corrected chi connectivity index (χ4v) is 3.64. The zero-order valence-electron chi connectivity index (χ0n) is 18.0. The van der Waals surface area contributed by atoms with Gasteiger partial charge in [-0.05, 0) is 29.3 Å². The van der Waals surface area contributed by atoms with Gasteiger partial charge in [0.05, 0.1) is 5.56 Å². The molecule has 5 rings (SSSR count). The minimum Gasteiger partial charge on any atom is -1.00 e. The third-order valence-corrected chi connectivity index (χ3v) is 5.24. The molecule has 4 aromatic carbocycles. The van der Waals surface area contributed by atoms with Gasteiger partial charge in [-0.25, -0.2) is 4.42 Å². The van der Waals surface area contributed by atoms with Gasteiger partial charge in [-0.15, -0.1) is 0 Å². The predicted molar refractivity (Wildman–Crippen MR) is 128 cm³/mol. The van der Waals surface area contributed by atoms with Crippen molar-refractivity contribution < 1.29 is 26.3 Å². The van der Waals surface area contributed by atoms with Crippen LogP contribution < -0.4 is 21.9 Å². The minimum atomic E-state index is 0. The van der Waals surface area contributed by atoms with Gasteiger partial charge >= 0.3 is 11.3 Å². The molecule has 0 spiro atoms. The third kappa shape index (κ3) is 5.16. The molecular weight excluding hydrogens is 432 g/mol. The lowest BCUT2D eigenvalue weighted by molar-refractivity contribution is -0.00000721. The van der Waals surface area contributed by atoms with E-state index >= 15 is 0 Å². The average molecular weight is 455 g/mol. The van der Waals surface area contributed by atoms with Crippen molar-refractivity contribution in [1.29, 1.82) is 0 Å². The molecule has 1 aromatic heterocycles. The fraction of sp³-hybridized carbons (Fsp3) is 0.0690. The Morgan fingerprint density at radius 3 is 1.61 bits per heavy atom. The maximum atomic E-state index is 6.40. The van der Waals surface area contributed by atoms with E-state index in [2.05, 4.69) is 12.1 Å². The van der Waals surface area contributed by atoms with Crippen molar-refractivity contribution in [3.63, 3.8) is 0 Å². The van der Waals surface area contributed by atoms with Crippen LogP contribution in [0, 0.1) is 0 Å². The molecule has 1 heterocycles. The summed E-state index contributed by atoms with van der Waals surface area (Å²) in [6, 6.07) is 38.2. The molecule has 0 aliphatic carbocycles. The van der Waals surface area contributed by atoms with Crippen LogP contribution in [0.5, 0.6) is 11.5 Å². The Morgan fingerprint density at radius 2 is 1.00 bits per heavy atom. The van der Waals surface area contributed by atoms with E-state index in [4.69, 9.17) is 13.9 Å². The highest BCUT2D eigenvalue weighted by molar-refractivity contribution is 5.89. The Bertz CT molecular complexity index is 1310. The van der Waals surface area contributed by atoms with E-state index in [1.165, 1.54) is 0 Å². The van der Waals surface area contributed by atoms with Crippen LogP contribution in [0.2, 0.25) is 0 Å². The van der Waals surface area contributed by atoms with Crippen LogP contribution in [-0.2, 0) is 13.2 Å². The molecule has 0 aliphatic heterocycles. The van der Waals surface area contributed by atoms with Crippen molar-refractivity contribution >= 4 is 11.0 Å². The van der Waals surface area contributed by atoms with Gasteiger partial charge < -0.3 is 21.9 Å². The van der Waals surface area contributed by atoms with E-state index in [0.29, 0.717) is 30.5 Å². The second-order valence-electron chi connectivity index (χ2n) is 7.50. The summed E-state index contributed by atoms with van der Waals surface area (Å²) in [5.74, 6) is 1.95. The second kappa shape index (κ2) is 10.7. The van der Waals surface area contributed by atoms with Gasteiger partial charge in [0.2, 0.25) is 0 Å². The number of para-hydroxylation sites is 1. The molecule has 4 heteroatoms.